The maximum atomic E-state index is 11.7. The summed E-state index contributed by atoms with van der Waals surface area (Å²) in [6.07, 6.45) is 5.84. The highest BCUT2D eigenvalue weighted by Gasteiger charge is 2.03. The molecule has 0 aliphatic rings. The first-order valence-corrected chi connectivity index (χ1v) is 6.92. The number of hydrogen-bond acceptors (Lipinski definition) is 2. The first-order valence-electron chi connectivity index (χ1n) is 6.92. The zero-order valence-electron chi connectivity index (χ0n) is 12.1. The van der Waals surface area contributed by atoms with Crippen molar-refractivity contribution in [3.05, 3.63) is 53.6 Å². The van der Waals surface area contributed by atoms with Gasteiger partial charge in [0, 0.05) is 32.6 Å². The van der Waals surface area contributed by atoms with Crippen LogP contribution < -0.4 is 5.32 Å². The molecule has 0 radical (unpaired) electrons. The molecule has 0 saturated heterocycles. The molecule has 0 saturated carbocycles. The van der Waals surface area contributed by atoms with Gasteiger partial charge in [0.25, 0.3) is 0 Å². The van der Waals surface area contributed by atoms with Crippen LogP contribution in [0.3, 0.4) is 0 Å². The van der Waals surface area contributed by atoms with E-state index in [0.29, 0.717) is 13.0 Å². The van der Waals surface area contributed by atoms with Crippen molar-refractivity contribution in [2.75, 3.05) is 6.54 Å². The molecule has 0 aliphatic carbocycles. The van der Waals surface area contributed by atoms with Crippen LogP contribution in [0.1, 0.15) is 23.2 Å². The van der Waals surface area contributed by atoms with Crippen molar-refractivity contribution in [3.8, 4) is 0 Å². The molecule has 1 N–H and O–H groups in total. The zero-order valence-corrected chi connectivity index (χ0v) is 12.1. The molecule has 2 rings (SSSR count). The van der Waals surface area contributed by atoms with E-state index < -0.39 is 0 Å². The standard InChI is InChI=1S/C16H21N3O/c1-13-3-5-14(6-4-13)7-8-16(20)17-10-9-15-11-19(2)12-18-15/h3-6,11-12H,7-10H2,1-2H3,(H,17,20). The van der Waals surface area contributed by atoms with E-state index >= 15 is 0 Å². The van der Waals surface area contributed by atoms with Gasteiger partial charge in [-0.1, -0.05) is 29.8 Å². The summed E-state index contributed by atoms with van der Waals surface area (Å²) in [6.45, 7) is 2.71. The predicted octanol–water partition coefficient (Wildman–Crippen LogP) is 2.02. The van der Waals surface area contributed by atoms with Gasteiger partial charge in [-0.3, -0.25) is 4.79 Å². The number of nitrogens with one attached hydrogen (secondary N) is 1. The van der Waals surface area contributed by atoms with Crippen LogP contribution >= 0.6 is 0 Å². The molecule has 106 valence electrons. The van der Waals surface area contributed by atoms with Crippen LogP contribution in [-0.2, 0) is 24.7 Å². The Labute approximate surface area is 119 Å². The molecule has 1 amide bonds. The Kier molecular flexibility index (Phi) is 4.93. The lowest BCUT2D eigenvalue weighted by molar-refractivity contribution is -0.121. The van der Waals surface area contributed by atoms with Crippen molar-refractivity contribution >= 4 is 5.91 Å². The summed E-state index contributed by atoms with van der Waals surface area (Å²) >= 11 is 0. The summed E-state index contributed by atoms with van der Waals surface area (Å²) < 4.78 is 1.91. The molecule has 0 bridgehead atoms. The fraction of sp³-hybridized carbons (Fsp3) is 0.375. The Balaban J connectivity index is 1.66. The molecule has 0 unspecified atom stereocenters. The van der Waals surface area contributed by atoms with Crippen molar-refractivity contribution in [1.82, 2.24) is 14.9 Å². The summed E-state index contributed by atoms with van der Waals surface area (Å²) in [5.41, 5.74) is 3.45. The van der Waals surface area contributed by atoms with Crippen LogP contribution in [0.25, 0.3) is 0 Å². The smallest absolute Gasteiger partial charge is 0.220 e. The Morgan fingerprint density at radius 1 is 1.25 bits per heavy atom. The molecular formula is C16H21N3O. The number of amides is 1. The zero-order chi connectivity index (χ0) is 14.4. The number of rotatable bonds is 6. The van der Waals surface area contributed by atoms with Gasteiger partial charge < -0.3 is 9.88 Å². The second-order valence-electron chi connectivity index (χ2n) is 5.12. The van der Waals surface area contributed by atoms with E-state index in [1.165, 1.54) is 11.1 Å². The molecule has 1 aromatic heterocycles. The number of carbonyl (C=O) groups excluding carboxylic acids is 1. The Morgan fingerprint density at radius 3 is 2.65 bits per heavy atom. The minimum Gasteiger partial charge on any atom is -0.356 e. The van der Waals surface area contributed by atoms with Gasteiger partial charge in [0.05, 0.1) is 12.0 Å². The molecule has 2 aromatic rings. The molecule has 0 aliphatic heterocycles. The SMILES string of the molecule is Cc1ccc(CCC(=O)NCCc2cn(C)cn2)cc1. The van der Waals surface area contributed by atoms with Crippen LogP contribution in [-0.4, -0.2) is 22.0 Å². The molecule has 1 aromatic carbocycles. The van der Waals surface area contributed by atoms with E-state index in [-0.39, 0.29) is 5.91 Å². The third-order valence-electron chi connectivity index (χ3n) is 3.22. The van der Waals surface area contributed by atoms with Gasteiger partial charge in [-0.2, -0.15) is 0 Å². The highest BCUT2D eigenvalue weighted by atomic mass is 16.1. The average molecular weight is 271 g/mol. The first kappa shape index (κ1) is 14.3. The summed E-state index contributed by atoms with van der Waals surface area (Å²) in [6, 6.07) is 8.32. The molecule has 4 heteroatoms. The van der Waals surface area contributed by atoms with E-state index in [0.717, 1.165) is 18.5 Å². The third kappa shape index (κ3) is 4.53. The molecule has 20 heavy (non-hydrogen) atoms. The molecule has 0 atom stereocenters. The van der Waals surface area contributed by atoms with Crippen molar-refractivity contribution in [2.45, 2.75) is 26.2 Å². The van der Waals surface area contributed by atoms with Crippen molar-refractivity contribution < 1.29 is 4.79 Å². The number of benzene rings is 1. The van der Waals surface area contributed by atoms with Gasteiger partial charge in [0.1, 0.15) is 0 Å². The van der Waals surface area contributed by atoms with E-state index in [4.69, 9.17) is 0 Å². The van der Waals surface area contributed by atoms with Gasteiger partial charge in [0.15, 0.2) is 0 Å². The third-order valence-corrected chi connectivity index (χ3v) is 3.22. The highest BCUT2D eigenvalue weighted by molar-refractivity contribution is 5.76. The minimum atomic E-state index is 0.0986. The molecule has 0 fully saturated rings. The predicted molar refractivity (Wildman–Crippen MR) is 79.4 cm³/mol. The Hall–Kier alpha value is -2.10. The fourth-order valence-electron chi connectivity index (χ4n) is 2.03. The normalized spacial score (nSPS) is 10.5. The molecular weight excluding hydrogens is 250 g/mol. The molecule has 4 nitrogen and oxygen atoms in total. The Morgan fingerprint density at radius 2 is 2.00 bits per heavy atom. The number of aromatic nitrogens is 2. The number of nitrogens with zero attached hydrogens (tertiary/aromatic N) is 2. The van der Waals surface area contributed by atoms with Gasteiger partial charge in [0.2, 0.25) is 5.91 Å². The lowest BCUT2D eigenvalue weighted by Gasteiger charge is -2.04. The van der Waals surface area contributed by atoms with Crippen LogP contribution in [0.2, 0.25) is 0 Å². The van der Waals surface area contributed by atoms with E-state index in [1.807, 2.05) is 17.8 Å². The largest absolute Gasteiger partial charge is 0.356 e. The topological polar surface area (TPSA) is 46.9 Å². The van der Waals surface area contributed by atoms with Crippen LogP contribution in [0.5, 0.6) is 0 Å². The fourth-order valence-corrected chi connectivity index (χ4v) is 2.03. The number of aryl methyl sites for hydroxylation is 3. The van der Waals surface area contributed by atoms with Crippen LogP contribution in [0.4, 0.5) is 0 Å². The highest BCUT2D eigenvalue weighted by Crippen LogP contribution is 2.05. The van der Waals surface area contributed by atoms with Crippen molar-refractivity contribution in [2.24, 2.45) is 7.05 Å². The van der Waals surface area contributed by atoms with Crippen LogP contribution in [0, 0.1) is 6.92 Å². The van der Waals surface area contributed by atoms with Crippen molar-refractivity contribution in [1.29, 1.82) is 0 Å². The quantitative estimate of drug-likeness (QED) is 0.873. The minimum absolute atomic E-state index is 0.0986. The summed E-state index contributed by atoms with van der Waals surface area (Å²) in [7, 11) is 1.94. The molecule has 1 heterocycles. The maximum Gasteiger partial charge on any atom is 0.220 e. The van der Waals surface area contributed by atoms with E-state index in [1.54, 1.807) is 6.33 Å². The van der Waals surface area contributed by atoms with E-state index in [2.05, 4.69) is 41.5 Å². The second kappa shape index (κ2) is 6.89. The maximum absolute atomic E-state index is 11.7. The van der Waals surface area contributed by atoms with Crippen LogP contribution in [0.15, 0.2) is 36.8 Å². The summed E-state index contributed by atoms with van der Waals surface area (Å²) in [5.74, 6) is 0.0986. The summed E-state index contributed by atoms with van der Waals surface area (Å²) in [5, 5.41) is 2.93. The van der Waals surface area contributed by atoms with Gasteiger partial charge in [-0.25, -0.2) is 4.98 Å². The van der Waals surface area contributed by atoms with Crippen molar-refractivity contribution in [3.63, 3.8) is 0 Å². The second-order valence-corrected chi connectivity index (χ2v) is 5.12. The van der Waals surface area contributed by atoms with Gasteiger partial charge in [-0.15, -0.1) is 0 Å². The van der Waals surface area contributed by atoms with E-state index in [9.17, 15) is 4.79 Å². The molecule has 0 spiro atoms. The van der Waals surface area contributed by atoms with Gasteiger partial charge in [-0.05, 0) is 18.9 Å². The Bertz CT molecular complexity index is 557. The number of hydrogen-bond donors (Lipinski definition) is 1. The number of imidazole rings is 1. The summed E-state index contributed by atoms with van der Waals surface area (Å²) in [4.78, 5) is 16.0. The average Bonchev–Trinajstić information content (AvgIpc) is 2.84. The lowest BCUT2D eigenvalue weighted by Crippen LogP contribution is -2.25. The monoisotopic (exact) mass is 271 g/mol. The lowest BCUT2D eigenvalue weighted by atomic mass is 10.1. The number of carbonyl (C=O) groups is 1. The first-order chi connectivity index (χ1) is 9.63. The van der Waals surface area contributed by atoms with Gasteiger partial charge >= 0.3 is 0 Å².